The molecule has 0 spiro atoms. The van der Waals surface area contributed by atoms with Gasteiger partial charge in [-0.3, -0.25) is 14.4 Å². The number of carboxylic acids is 1. The van der Waals surface area contributed by atoms with E-state index in [1.54, 1.807) is 0 Å². The Balaban J connectivity index is 2.70. The van der Waals surface area contributed by atoms with E-state index in [4.69, 9.17) is 23.7 Å². The summed E-state index contributed by atoms with van der Waals surface area (Å²) in [5.74, 6) is -3.17. The van der Waals surface area contributed by atoms with Crippen LogP contribution in [0.4, 0.5) is 0 Å². The van der Waals surface area contributed by atoms with Crippen molar-refractivity contribution in [2.75, 3.05) is 13.2 Å². The number of hydrogen-bond donors (Lipinski definition) is 3. The highest BCUT2D eigenvalue weighted by Crippen LogP contribution is 2.26. The number of unbranched alkanes of at least 4 members (excludes halogenated alkanes) is 24. The lowest BCUT2D eigenvalue weighted by atomic mass is 9.98. The fourth-order valence-electron chi connectivity index (χ4n) is 9.18. The van der Waals surface area contributed by atoms with Crippen LogP contribution in [-0.2, 0) is 42.9 Å². The van der Waals surface area contributed by atoms with E-state index in [-0.39, 0.29) is 25.9 Å². The van der Waals surface area contributed by atoms with Gasteiger partial charge in [0.25, 0.3) is 0 Å². The molecule has 3 N–H and O–H groups in total. The normalized spacial score (nSPS) is 18.4. The zero-order chi connectivity index (χ0) is 58.9. The number of carbonyl (C=O) groups is 4. The minimum absolute atomic E-state index is 0.0445. The van der Waals surface area contributed by atoms with E-state index in [0.717, 1.165) is 161 Å². The molecule has 1 fully saturated rings. The van der Waals surface area contributed by atoms with Gasteiger partial charge in [0.1, 0.15) is 18.8 Å². The van der Waals surface area contributed by atoms with Crippen molar-refractivity contribution >= 4 is 23.9 Å². The van der Waals surface area contributed by atoms with E-state index >= 15 is 0 Å². The molecule has 0 bridgehead atoms. The van der Waals surface area contributed by atoms with Crippen LogP contribution < -0.4 is 0 Å². The zero-order valence-corrected chi connectivity index (χ0v) is 51.0. The second-order valence-corrected chi connectivity index (χ2v) is 21.7. The lowest BCUT2D eigenvalue weighted by molar-refractivity contribution is -0.301. The van der Waals surface area contributed by atoms with Gasteiger partial charge in [0.05, 0.1) is 6.61 Å². The molecule has 0 saturated carbocycles. The van der Waals surface area contributed by atoms with E-state index in [0.29, 0.717) is 19.3 Å². The Bertz CT molecular complexity index is 1780. The molecule has 1 rings (SSSR count). The number of aliphatic hydroxyl groups is 2. The number of aliphatic hydroxyl groups excluding tert-OH is 2. The number of aliphatic carboxylic acids is 1. The molecule has 12 heteroatoms. The minimum atomic E-state index is -1.92. The second-order valence-electron chi connectivity index (χ2n) is 21.7. The summed E-state index contributed by atoms with van der Waals surface area (Å²) in [4.78, 5) is 51.3. The van der Waals surface area contributed by atoms with Gasteiger partial charge >= 0.3 is 23.9 Å². The van der Waals surface area contributed by atoms with E-state index < -0.39 is 67.3 Å². The van der Waals surface area contributed by atoms with Crippen LogP contribution in [0.1, 0.15) is 265 Å². The summed E-state index contributed by atoms with van der Waals surface area (Å²) in [5, 5.41) is 31.6. The van der Waals surface area contributed by atoms with Crippen molar-refractivity contribution in [2.45, 2.75) is 302 Å². The lowest BCUT2D eigenvalue weighted by Crippen LogP contribution is -2.61. The SMILES string of the molecule is CC/C=C\C/C=C\C/C=C\C/C=C\CCCCCCC(=O)OCC(COC1OC(C(=O)O)C(O)C(O)C1OC(=O)CCCCCCCCC/C=C\C/C=C\CCCCC)OC(=O)CCCCCCCCC/C=C\C/C=C\CCCCC. The molecule has 1 aliphatic rings. The molecule has 81 heavy (non-hydrogen) atoms. The lowest BCUT2D eigenvalue weighted by Gasteiger charge is -2.40. The molecule has 6 atom stereocenters. The molecule has 0 aromatic rings. The highest BCUT2D eigenvalue weighted by atomic mass is 16.7. The van der Waals surface area contributed by atoms with Gasteiger partial charge < -0.3 is 39.0 Å². The van der Waals surface area contributed by atoms with Crippen molar-refractivity contribution in [3.63, 3.8) is 0 Å². The monoisotopic (exact) mass is 1130 g/mol. The van der Waals surface area contributed by atoms with Crippen LogP contribution in [-0.4, -0.2) is 89.2 Å². The zero-order valence-electron chi connectivity index (χ0n) is 51.0. The maximum atomic E-state index is 13.2. The first-order chi connectivity index (χ1) is 39.6. The smallest absolute Gasteiger partial charge is 0.335 e. The van der Waals surface area contributed by atoms with Crippen LogP contribution in [0.5, 0.6) is 0 Å². The molecule has 462 valence electrons. The van der Waals surface area contributed by atoms with E-state index in [1.807, 2.05) is 0 Å². The van der Waals surface area contributed by atoms with Gasteiger partial charge in [-0.25, -0.2) is 4.79 Å². The van der Waals surface area contributed by atoms with Crippen LogP contribution in [0.25, 0.3) is 0 Å². The molecule has 0 aromatic heterocycles. The Morgan fingerprint density at radius 2 is 0.778 bits per heavy atom. The van der Waals surface area contributed by atoms with Gasteiger partial charge in [-0.2, -0.15) is 0 Å². The molecule has 0 aliphatic carbocycles. The average Bonchev–Trinajstić information content (AvgIpc) is 3.53. The Morgan fingerprint density at radius 1 is 0.420 bits per heavy atom. The largest absolute Gasteiger partial charge is 0.479 e. The van der Waals surface area contributed by atoms with Crippen LogP contribution in [0, 0.1) is 0 Å². The van der Waals surface area contributed by atoms with Gasteiger partial charge in [-0.05, 0) is 122 Å². The van der Waals surface area contributed by atoms with Crippen LogP contribution in [0.3, 0.4) is 0 Å². The fraction of sp³-hybridized carbons (Fsp3) is 0.710. The van der Waals surface area contributed by atoms with Crippen molar-refractivity contribution in [3.05, 3.63) is 97.2 Å². The molecule has 1 heterocycles. The van der Waals surface area contributed by atoms with Gasteiger partial charge in [-0.1, -0.05) is 221 Å². The molecule has 0 aromatic carbocycles. The van der Waals surface area contributed by atoms with Crippen LogP contribution in [0.15, 0.2) is 97.2 Å². The van der Waals surface area contributed by atoms with E-state index in [1.165, 1.54) is 44.9 Å². The molecule has 0 radical (unpaired) electrons. The summed E-state index contributed by atoms with van der Waals surface area (Å²) >= 11 is 0. The van der Waals surface area contributed by atoms with Gasteiger partial charge in [0, 0.05) is 19.3 Å². The second kappa shape index (κ2) is 56.1. The predicted octanol–water partition coefficient (Wildman–Crippen LogP) is 17.2. The van der Waals surface area contributed by atoms with Crippen molar-refractivity contribution < 1.29 is 58.2 Å². The quantitative estimate of drug-likeness (QED) is 0.0228. The molecule has 1 saturated heterocycles. The number of rotatable bonds is 54. The van der Waals surface area contributed by atoms with Crippen molar-refractivity contribution in [3.8, 4) is 0 Å². The third-order valence-electron chi connectivity index (χ3n) is 14.1. The first-order valence-corrected chi connectivity index (χ1v) is 32.2. The maximum Gasteiger partial charge on any atom is 0.335 e. The third-order valence-corrected chi connectivity index (χ3v) is 14.1. The molecule has 6 unspecified atom stereocenters. The van der Waals surface area contributed by atoms with Gasteiger partial charge in [0.15, 0.2) is 24.6 Å². The van der Waals surface area contributed by atoms with Crippen LogP contribution in [0.2, 0.25) is 0 Å². The summed E-state index contributed by atoms with van der Waals surface area (Å²) in [7, 11) is 0. The minimum Gasteiger partial charge on any atom is -0.479 e. The highest BCUT2D eigenvalue weighted by molar-refractivity contribution is 5.74. The third kappa shape index (κ3) is 45.8. The number of hydrogen-bond acceptors (Lipinski definition) is 11. The van der Waals surface area contributed by atoms with Gasteiger partial charge in [0.2, 0.25) is 0 Å². The van der Waals surface area contributed by atoms with Gasteiger partial charge in [-0.15, -0.1) is 0 Å². The van der Waals surface area contributed by atoms with Crippen molar-refractivity contribution in [2.24, 2.45) is 0 Å². The number of carbonyl (C=O) groups excluding carboxylic acids is 3. The number of ether oxygens (including phenoxy) is 5. The van der Waals surface area contributed by atoms with E-state index in [2.05, 4.69) is 118 Å². The average molecular weight is 1140 g/mol. The first-order valence-electron chi connectivity index (χ1n) is 32.2. The van der Waals surface area contributed by atoms with Crippen molar-refractivity contribution in [1.29, 1.82) is 0 Å². The Kier molecular flexibility index (Phi) is 51.7. The number of esters is 3. The predicted molar refractivity (Wildman–Crippen MR) is 331 cm³/mol. The summed E-state index contributed by atoms with van der Waals surface area (Å²) < 4.78 is 28.5. The number of carboxylic acid groups (broad SMARTS) is 1. The standard InChI is InChI=1S/C69H114O12/c1-4-7-10-13-16-19-22-25-28-31-34-37-40-43-46-49-52-55-61(70)77-58-60(79-62(71)56-53-50-47-44-41-38-35-32-29-26-23-20-17-14-11-8-5-2)59-78-69-67(65(74)64(73)66(81-69)68(75)76)80-63(72)57-54-51-48-45-42-39-36-33-30-27-24-21-18-15-12-9-6-3/h7,10,16-21,25-30,34,37,60,64-67,69,73-74H,4-6,8-9,11-15,22-24,31-33,35-36,38-59H2,1-3H3,(H,75,76)/b10-7-,19-16-,20-17-,21-18-,28-25-,29-26-,30-27-,37-34-. The van der Waals surface area contributed by atoms with Crippen molar-refractivity contribution in [1.82, 2.24) is 0 Å². The Hall–Kier alpha value is -4.36. The summed E-state index contributed by atoms with van der Waals surface area (Å²) in [6, 6.07) is 0. The molecule has 12 nitrogen and oxygen atoms in total. The fourth-order valence-corrected chi connectivity index (χ4v) is 9.18. The first kappa shape index (κ1) is 74.7. The Labute approximate surface area is 492 Å². The molecular weight excluding hydrogens is 1020 g/mol. The summed E-state index contributed by atoms with van der Waals surface area (Å²) in [6.07, 6.45) is 62.1. The van der Waals surface area contributed by atoms with Crippen LogP contribution >= 0.6 is 0 Å². The van der Waals surface area contributed by atoms with E-state index in [9.17, 15) is 34.5 Å². The number of allylic oxidation sites excluding steroid dienone is 16. The maximum absolute atomic E-state index is 13.2. The summed E-state index contributed by atoms with van der Waals surface area (Å²) in [6.45, 7) is 5.82. The highest BCUT2D eigenvalue weighted by Gasteiger charge is 2.50. The molecule has 1 aliphatic heterocycles. The summed E-state index contributed by atoms with van der Waals surface area (Å²) in [5.41, 5.74) is 0. The molecular formula is C69H114O12. The molecule has 0 amide bonds. The topological polar surface area (TPSA) is 175 Å². The Morgan fingerprint density at radius 3 is 1.19 bits per heavy atom.